The van der Waals surface area contributed by atoms with Crippen LogP contribution in [0.1, 0.15) is 30.9 Å². The summed E-state index contributed by atoms with van der Waals surface area (Å²) in [6.45, 7) is 7.24. The van der Waals surface area contributed by atoms with E-state index in [1.54, 1.807) is 9.47 Å². The fourth-order valence-electron chi connectivity index (χ4n) is 2.34. The third-order valence-electron chi connectivity index (χ3n) is 3.96. The monoisotopic (exact) mass is 288 g/mol. The maximum atomic E-state index is 12.3. The van der Waals surface area contributed by atoms with Gasteiger partial charge in [0.15, 0.2) is 0 Å². The molecule has 0 saturated carbocycles. The van der Waals surface area contributed by atoms with Gasteiger partial charge < -0.3 is 15.2 Å². The third kappa shape index (κ3) is 3.17. The number of unbranched alkanes of at least 4 members (excludes halogenated alkanes) is 1. The van der Waals surface area contributed by atoms with Crippen LogP contribution in [-0.2, 0) is 11.3 Å². The smallest absolute Gasteiger partial charge is 0.242 e. The molecule has 1 amide bonds. The average Bonchev–Trinajstić information content (AvgIpc) is 2.72. The number of aryl methyl sites for hydroxylation is 2. The molecule has 0 unspecified atom stereocenters. The van der Waals surface area contributed by atoms with Gasteiger partial charge in [-0.1, -0.05) is 13.3 Å². The van der Waals surface area contributed by atoms with Gasteiger partial charge in [-0.25, -0.2) is 4.98 Å². The van der Waals surface area contributed by atoms with Crippen molar-refractivity contribution in [2.24, 2.45) is 0 Å². The first-order valence-electron chi connectivity index (χ1n) is 7.41. The summed E-state index contributed by atoms with van der Waals surface area (Å²) in [4.78, 5) is 18.4. The number of carbonyl (C=O) groups excluding carboxylic acids is 1. The number of nitrogens with zero attached hydrogens (tertiary/aromatic N) is 3. The molecule has 1 aromatic carbocycles. The lowest BCUT2D eigenvalue weighted by Gasteiger charge is -2.17. The number of imidazole rings is 1. The second kappa shape index (κ2) is 6.16. The van der Waals surface area contributed by atoms with Crippen LogP contribution in [0.25, 0.3) is 11.0 Å². The number of carbonyl (C=O) groups is 1. The molecule has 1 heterocycles. The zero-order chi connectivity index (χ0) is 15.6. The number of fused-ring (bicyclic) bond motifs is 1. The predicted octanol–water partition coefficient (Wildman–Crippen LogP) is 2.49. The van der Waals surface area contributed by atoms with Gasteiger partial charge in [0.1, 0.15) is 6.54 Å². The maximum Gasteiger partial charge on any atom is 0.242 e. The first-order valence-corrected chi connectivity index (χ1v) is 7.41. The van der Waals surface area contributed by atoms with Gasteiger partial charge in [-0.05, 0) is 43.5 Å². The molecule has 0 aliphatic rings. The number of hydrogen-bond donors (Lipinski definition) is 1. The Kier molecular flexibility index (Phi) is 4.50. The Morgan fingerprint density at radius 3 is 2.67 bits per heavy atom. The third-order valence-corrected chi connectivity index (χ3v) is 3.96. The number of anilines is 1. The molecular weight excluding hydrogens is 264 g/mol. The second-order valence-electron chi connectivity index (χ2n) is 5.65. The average molecular weight is 288 g/mol. The summed E-state index contributed by atoms with van der Waals surface area (Å²) in [5, 5.41) is 0. The van der Waals surface area contributed by atoms with Crippen LogP contribution in [0.15, 0.2) is 12.1 Å². The van der Waals surface area contributed by atoms with Crippen molar-refractivity contribution in [3.05, 3.63) is 23.3 Å². The van der Waals surface area contributed by atoms with Gasteiger partial charge in [0.2, 0.25) is 11.9 Å². The number of aromatic nitrogens is 2. The lowest BCUT2D eigenvalue weighted by atomic mass is 10.1. The highest BCUT2D eigenvalue weighted by Crippen LogP contribution is 2.22. The van der Waals surface area contributed by atoms with E-state index >= 15 is 0 Å². The summed E-state index contributed by atoms with van der Waals surface area (Å²) < 4.78 is 1.80. The molecule has 0 aliphatic heterocycles. The van der Waals surface area contributed by atoms with E-state index in [0.29, 0.717) is 5.95 Å². The normalized spacial score (nSPS) is 11.0. The molecule has 2 N–H and O–H groups in total. The highest BCUT2D eigenvalue weighted by atomic mass is 16.2. The molecule has 114 valence electrons. The van der Waals surface area contributed by atoms with Gasteiger partial charge in [-0.3, -0.25) is 4.79 Å². The summed E-state index contributed by atoms with van der Waals surface area (Å²) in [5.74, 6) is 0.458. The van der Waals surface area contributed by atoms with E-state index in [0.717, 1.165) is 30.4 Å². The van der Waals surface area contributed by atoms with Crippen molar-refractivity contribution in [3.63, 3.8) is 0 Å². The van der Waals surface area contributed by atoms with Crippen LogP contribution in [0, 0.1) is 13.8 Å². The number of likely N-dealkylation sites (N-methyl/N-ethyl adjacent to an activating group) is 1. The predicted molar refractivity (Wildman–Crippen MR) is 86.2 cm³/mol. The number of benzene rings is 1. The molecule has 21 heavy (non-hydrogen) atoms. The Morgan fingerprint density at radius 1 is 1.33 bits per heavy atom. The van der Waals surface area contributed by atoms with E-state index in [1.807, 2.05) is 26.1 Å². The highest BCUT2D eigenvalue weighted by Gasteiger charge is 2.15. The Hall–Kier alpha value is -2.04. The summed E-state index contributed by atoms with van der Waals surface area (Å²) >= 11 is 0. The van der Waals surface area contributed by atoms with Crippen LogP contribution in [0.5, 0.6) is 0 Å². The molecule has 2 rings (SSSR count). The van der Waals surface area contributed by atoms with Gasteiger partial charge in [0.25, 0.3) is 0 Å². The highest BCUT2D eigenvalue weighted by molar-refractivity contribution is 5.83. The summed E-state index contributed by atoms with van der Waals surface area (Å²) in [5.41, 5.74) is 10.1. The molecule has 2 aromatic rings. The molecule has 0 saturated heterocycles. The largest absolute Gasteiger partial charge is 0.369 e. The Morgan fingerprint density at radius 2 is 2.00 bits per heavy atom. The number of nitrogen functional groups attached to an aromatic ring is 1. The van der Waals surface area contributed by atoms with Crippen LogP contribution in [0.3, 0.4) is 0 Å². The van der Waals surface area contributed by atoms with Crippen LogP contribution in [0.4, 0.5) is 5.95 Å². The van der Waals surface area contributed by atoms with Gasteiger partial charge in [0, 0.05) is 13.6 Å². The summed E-state index contributed by atoms with van der Waals surface area (Å²) in [6, 6.07) is 4.07. The number of rotatable bonds is 5. The number of nitrogens with two attached hydrogens (primary N) is 1. The van der Waals surface area contributed by atoms with E-state index in [2.05, 4.69) is 18.8 Å². The van der Waals surface area contributed by atoms with Gasteiger partial charge in [0.05, 0.1) is 11.0 Å². The van der Waals surface area contributed by atoms with E-state index in [9.17, 15) is 4.79 Å². The van der Waals surface area contributed by atoms with E-state index < -0.39 is 0 Å². The number of hydrogen-bond acceptors (Lipinski definition) is 3. The van der Waals surface area contributed by atoms with Crippen LogP contribution in [0.2, 0.25) is 0 Å². The molecule has 0 atom stereocenters. The molecular formula is C16H24N4O. The minimum atomic E-state index is 0.0627. The molecule has 0 spiro atoms. The molecule has 0 aliphatic carbocycles. The lowest BCUT2D eigenvalue weighted by Crippen LogP contribution is -2.31. The molecule has 5 nitrogen and oxygen atoms in total. The standard InChI is InChI=1S/C16H24N4O/c1-5-6-7-19(4)15(21)10-20-14-9-12(3)11(2)8-13(14)18-16(20)17/h8-9H,5-7,10H2,1-4H3,(H2,17,18). The molecule has 0 fully saturated rings. The van der Waals surface area contributed by atoms with Crippen molar-refractivity contribution in [1.29, 1.82) is 0 Å². The molecule has 0 bridgehead atoms. The molecule has 0 radical (unpaired) electrons. The van der Waals surface area contributed by atoms with E-state index in [-0.39, 0.29) is 12.5 Å². The quantitative estimate of drug-likeness (QED) is 0.919. The zero-order valence-electron chi connectivity index (χ0n) is 13.3. The van der Waals surface area contributed by atoms with E-state index in [1.165, 1.54) is 11.1 Å². The first-order chi connectivity index (χ1) is 9.93. The van der Waals surface area contributed by atoms with Crippen molar-refractivity contribution in [2.75, 3.05) is 19.3 Å². The van der Waals surface area contributed by atoms with Gasteiger partial charge in [-0.2, -0.15) is 0 Å². The minimum Gasteiger partial charge on any atom is -0.369 e. The number of amides is 1. The Labute approximate surface area is 125 Å². The Bertz CT molecular complexity index is 660. The van der Waals surface area contributed by atoms with Crippen molar-refractivity contribution >= 4 is 22.9 Å². The Balaban J connectivity index is 2.27. The fourth-order valence-corrected chi connectivity index (χ4v) is 2.34. The molecule has 5 heteroatoms. The summed E-state index contributed by atoms with van der Waals surface area (Å²) in [7, 11) is 1.84. The SMILES string of the molecule is CCCCN(C)C(=O)Cn1c(N)nc2cc(C)c(C)cc21. The lowest BCUT2D eigenvalue weighted by molar-refractivity contribution is -0.130. The van der Waals surface area contributed by atoms with Crippen LogP contribution in [-0.4, -0.2) is 34.0 Å². The van der Waals surface area contributed by atoms with Crippen LogP contribution >= 0.6 is 0 Å². The first kappa shape index (κ1) is 15.4. The van der Waals surface area contributed by atoms with Gasteiger partial charge in [-0.15, -0.1) is 0 Å². The molecule has 1 aromatic heterocycles. The topological polar surface area (TPSA) is 64.2 Å². The van der Waals surface area contributed by atoms with E-state index in [4.69, 9.17) is 5.73 Å². The van der Waals surface area contributed by atoms with Crippen molar-refractivity contribution in [3.8, 4) is 0 Å². The summed E-state index contributed by atoms with van der Waals surface area (Å²) in [6.07, 6.45) is 2.09. The van der Waals surface area contributed by atoms with Gasteiger partial charge >= 0.3 is 0 Å². The van der Waals surface area contributed by atoms with Crippen molar-refractivity contribution in [1.82, 2.24) is 14.5 Å². The van der Waals surface area contributed by atoms with Crippen LogP contribution < -0.4 is 5.73 Å². The van der Waals surface area contributed by atoms with Crippen molar-refractivity contribution in [2.45, 2.75) is 40.2 Å². The van der Waals surface area contributed by atoms with Crippen molar-refractivity contribution < 1.29 is 4.79 Å². The zero-order valence-corrected chi connectivity index (χ0v) is 13.3. The second-order valence-corrected chi connectivity index (χ2v) is 5.65. The minimum absolute atomic E-state index is 0.0627. The fraction of sp³-hybridized carbons (Fsp3) is 0.500. The maximum absolute atomic E-state index is 12.3.